The molecular formula is C15H15ClN2O5. The summed E-state index contributed by atoms with van der Waals surface area (Å²) in [4.78, 5) is 23.1. The average Bonchev–Trinajstić information content (AvgIpc) is 2.85. The molecule has 0 saturated heterocycles. The molecule has 122 valence electrons. The molecule has 0 atom stereocenters. The summed E-state index contributed by atoms with van der Waals surface area (Å²) in [5.74, 6) is -1.18. The van der Waals surface area contributed by atoms with Gasteiger partial charge in [0.05, 0.1) is 11.9 Å². The first-order valence-electron chi connectivity index (χ1n) is 6.65. The van der Waals surface area contributed by atoms with Gasteiger partial charge in [-0.15, -0.1) is 0 Å². The lowest BCUT2D eigenvalue weighted by Gasteiger charge is -2.20. The van der Waals surface area contributed by atoms with Crippen molar-refractivity contribution in [3.05, 3.63) is 35.0 Å². The molecule has 0 aliphatic carbocycles. The fourth-order valence-corrected chi connectivity index (χ4v) is 1.99. The first-order valence-corrected chi connectivity index (χ1v) is 7.03. The lowest BCUT2D eigenvalue weighted by Crippen LogP contribution is -2.27. The van der Waals surface area contributed by atoms with Gasteiger partial charge in [-0.3, -0.25) is 5.32 Å². The first kappa shape index (κ1) is 16.8. The van der Waals surface area contributed by atoms with E-state index in [2.05, 4.69) is 10.5 Å². The lowest BCUT2D eigenvalue weighted by atomic mass is 10.1. The minimum absolute atomic E-state index is 0.0141. The van der Waals surface area contributed by atoms with Crippen LogP contribution in [0.2, 0.25) is 5.02 Å². The van der Waals surface area contributed by atoms with Gasteiger partial charge in [-0.05, 0) is 39.0 Å². The van der Waals surface area contributed by atoms with Crippen LogP contribution in [0, 0.1) is 0 Å². The summed E-state index contributed by atoms with van der Waals surface area (Å²) in [6.45, 7) is 5.18. The zero-order chi connectivity index (χ0) is 17.2. The molecule has 2 aromatic rings. The molecule has 0 saturated carbocycles. The monoisotopic (exact) mass is 338 g/mol. The van der Waals surface area contributed by atoms with Gasteiger partial charge >= 0.3 is 12.1 Å². The maximum atomic E-state index is 11.9. The van der Waals surface area contributed by atoms with Crippen LogP contribution in [0.3, 0.4) is 0 Å². The van der Waals surface area contributed by atoms with Crippen LogP contribution < -0.4 is 5.32 Å². The van der Waals surface area contributed by atoms with Crippen LogP contribution in [0.4, 0.5) is 10.5 Å². The second-order valence-electron chi connectivity index (χ2n) is 5.69. The van der Waals surface area contributed by atoms with Crippen molar-refractivity contribution in [2.75, 3.05) is 5.32 Å². The van der Waals surface area contributed by atoms with Crippen molar-refractivity contribution < 1.29 is 24.0 Å². The van der Waals surface area contributed by atoms with E-state index in [4.69, 9.17) is 26.0 Å². The smallest absolute Gasteiger partial charge is 0.412 e. The van der Waals surface area contributed by atoms with E-state index in [0.717, 1.165) is 6.20 Å². The Kier molecular flexibility index (Phi) is 4.60. The minimum Gasteiger partial charge on any atom is -0.477 e. The van der Waals surface area contributed by atoms with Gasteiger partial charge < -0.3 is 14.4 Å². The number of hydrogen-bond acceptors (Lipinski definition) is 5. The topological polar surface area (TPSA) is 102 Å². The summed E-state index contributed by atoms with van der Waals surface area (Å²) < 4.78 is 10.2. The van der Waals surface area contributed by atoms with E-state index in [-0.39, 0.29) is 17.0 Å². The van der Waals surface area contributed by atoms with Gasteiger partial charge in [0.1, 0.15) is 11.2 Å². The fraction of sp³-hybridized carbons (Fsp3) is 0.267. The van der Waals surface area contributed by atoms with Gasteiger partial charge in [-0.1, -0.05) is 16.8 Å². The maximum absolute atomic E-state index is 11.9. The SMILES string of the molecule is CC(C)(C)OC(=O)Nc1cc(Cl)ccc1-c1oncc1C(=O)O. The van der Waals surface area contributed by atoms with E-state index in [0.29, 0.717) is 10.6 Å². The van der Waals surface area contributed by atoms with Gasteiger partial charge in [0, 0.05) is 10.6 Å². The summed E-state index contributed by atoms with van der Waals surface area (Å²) in [7, 11) is 0. The standard InChI is InChI=1S/C15H15ClN2O5/c1-15(2,3)22-14(21)18-11-6-8(16)4-5-9(11)12-10(13(19)20)7-17-23-12/h4-7H,1-3H3,(H,18,21)(H,19,20). The van der Waals surface area contributed by atoms with E-state index in [1.54, 1.807) is 26.8 Å². The molecule has 1 heterocycles. The van der Waals surface area contributed by atoms with Gasteiger partial charge in [0.2, 0.25) is 0 Å². The summed E-state index contributed by atoms with van der Waals surface area (Å²) in [5, 5.41) is 15.5. The average molecular weight is 339 g/mol. The molecule has 0 unspecified atom stereocenters. The molecule has 8 heteroatoms. The van der Waals surface area contributed by atoms with E-state index in [1.807, 2.05) is 0 Å². The predicted molar refractivity (Wildman–Crippen MR) is 83.8 cm³/mol. The number of benzene rings is 1. The highest BCUT2D eigenvalue weighted by atomic mass is 35.5. The Bertz CT molecular complexity index is 749. The van der Waals surface area contributed by atoms with Crippen LogP contribution >= 0.6 is 11.6 Å². The van der Waals surface area contributed by atoms with Crippen LogP contribution in [0.1, 0.15) is 31.1 Å². The van der Waals surface area contributed by atoms with Crippen LogP contribution in [0.25, 0.3) is 11.3 Å². The Morgan fingerprint density at radius 2 is 2.04 bits per heavy atom. The van der Waals surface area contributed by atoms with Crippen LogP contribution in [-0.4, -0.2) is 27.9 Å². The molecular weight excluding hydrogens is 324 g/mol. The fourth-order valence-electron chi connectivity index (χ4n) is 1.82. The highest BCUT2D eigenvalue weighted by molar-refractivity contribution is 6.31. The number of amides is 1. The predicted octanol–water partition coefficient (Wildman–Crippen LogP) is 4.04. The second kappa shape index (κ2) is 6.29. The largest absolute Gasteiger partial charge is 0.477 e. The number of aromatic carboxylic acids is 1. The number of nitrogens with zero attached hydrogens (tertiary/aromatic N) is 1. The number of halogens is 1. The summed E-state index contributed by atoms with van der Waals surface area (Å²) in [5.41, 5.74) is -0.220. The minimum atomic E-state index is -1.19. The molecule has 0 aliphatic rings. The van der Waals surface area contributed by atoms with Gasteiger partial charge in [0.15, 0.2) is 5.76 Å². The number of aromatic nitrogens is 1. The number of carboxylic acid groups (broad SMARTS) is 1. The third-order valence-corrected chi connectivity index (χ3v) is 2.90. The molecule has 23 heavy (non-hydrogen) atoms. The van der Waals surface area contributed by atoms with Gasteiger partial charge in [0.25, 0.3) is 0 Å². The molecule has 0 aliphatic heterocycles. The maximum Gasteiger partial charge on any atom is 0.412 e. The first-order chi connectivity index (χ1) is 10.7. The summed E-state index contributed by atoms with van der Waals surface area (Å²) in [6, 6.07) is 4.54. The quantitative estimate of drug-likeness (QED) is 0.875. The van der Waals surface area contributed by atoms with Crippen molar-refractivity contribution >= 4 is 29.4 Å². The Hall–Kier alpha value is -2.54. The molecule has 1 aromatic heterocycles. The van der Waals surface area contributed by atoms with Crippen LogP contribution in [0.5, 0.6) is 0 Å². The number of hydrogen-bond donors (Lipinski definition) is 2. The number of carbonyl (C=O) groups is 2. The highest BCUT2D eigenvalue weighted by Gasteiger charge is 2.22. The van der Waals surface area contributed by atoms with E-state index < -0.39 is 17.7 Å². The Morgan fingerprint density at radius 1 is 1.35 bits per heavy atom. The lowest BCUT2D eigenvalue weighted by molar-refractivity contribution is 0.0634. The van der Waals surface area contributed by atoms with Crippen LogP contribution in [0.15, 0.2) is 28.9 Å². The van der Waals surface area contributed by atoms with E-state index in [1.165, 1.54) is 12.1 Å². The second-order valence-corrected chi connectivity index (χ2v) is 6.13. The Balaban J connectivity index is 2.40. The van der Waals surface area contributed by atoms with E-state index >= 15 is 0 Å². The third-order valence-electron chi connectivity index (χ3n) is 2.66. The van der Waals surface area contributed by atoms with Gasteiger partial charge in [-0.25, -0.2) is 9.59 Å². The van der Waals surface area contributed by atoms with Gasteiger partial charge in [-0.2, -0.15) is 0 Å². The molecule has 7 nitrogen and oxygen atoms in total. The molecule has 2 rings (SSSR count). The van der Waals surface area contributed by atoms with E-state index in [9.17, 15) is 9.59 Å². The number of rotatable bonds is 3. The van der Waals surface area contributed by atoms with Crippen molar-refractivity contribution in [3.63, 3.8) is 0 Å². The molecule has 0 radical (unpaired) electrons. The Labute approximate surface area is 137 Å². The number of carboxylic acids is 1. The number of carbonyl (C=O) groups excluding carboxylic acids is 1. The van der Waals surface area contributed by atoms with Crippen molar-refractivity contribution in [2.45, 2.75) is 26.4 Å². The molecule has 0 fully saturated rings. The Morgan fingerprint density at radius 3 is 2.65 bits per heavy atom. The number of ether oxygens (including phenoxy) is 1. The zero-order valence-corrected chi connectivity index (χ0v) is 13.5. The van der Waals surface area contributed by atoms with Crippen molar-refractivity contribution in [1.29, 1.82) is 0 Å². The third kappa shape index (κ3) is 4.23. The van der Waals surface area contributed by atoms with Crippen molar-refractivity contribution in [3.8, 4) is 11.3 Å². The normalized spacial score (nSPS) is 11.1. The van der Waals surface area contributed by atoms with Crippen molar-refractivity contribution in [1.82, 2.24) is 5.16 Å². The van der Waals surface area contributed by atoms with Crippen LogP contribution in [-0.2, 0) is 4.74 Å². The summed E-state index contributed by atoms with van der Waals surface area (Å²) >= 11 is 5.94. The molecule has 0 spiro atoms. The summed E-state index contributed by atoms with van der Waals surface area (Å²) in [6.07, 6.45) is 0.390. The number of nitrogens with one attached hydrogen (secondary N) is 1. The highest BCUT2D eigenvalue weighted by Crippen LogP contribution is 2.33. The molecule has 1 amide bonds. The molecule has 0 bridgehead atoms. The molecule has 2 N–H and O–H groups in total. The van der Waals surface area contributed by atoms with Crippen molar-refractivity contribution in [2.24, 2.45) is 0 Å². The molecule has 1 aromatic carbocycles. The number of anilines is 1. The zero-order valence-electron chi connectivity index (χ0n) is 12.7.